The molecule has 24 heavy (non-hydrogen) atoms. The molecule has 0 aliphatic carbocycles. The maximum absolute atomic E-state index is 9.31. The zero-order chi connectivity index (χ0) is 16.5. The first kappa shape index (κ1) is 15.4. The first-order chi connectivity index (χ1) is 11.7. The Morgan fingerprint density at radius 3 is 2.54 bits per heavy atom. The molecule has 2 fully saturated rings. The monoisotopic (exact) mass is 329 g/mol. The van der Waals surface area contributed by atoms with E-state index >= 15 is 0 Å². The van der Waals surface area contributed by atoms with E-state index in [2.05, 4.69) is 24.8 Å². The van der Waals surface area contributed by atoms with Gasteiger partial charge in [0.2, 0.25) is 0 Å². The summed E-state index contributed by atoms with van der Waals surface area (Å²) in [5.41, 5.74) is 1.07. The molecule has 2 aliphatic heterocycles. The molecular formula is C17H23N5O2. The Morgan fingerprint density at radius 2 is 1.88 bits per heavy atom. The van der Waals surface area contributed by atoms with Crippen LogP contribution in [0.15, 0.2) is 23.0 Å². The van der Waals surface area contributed by atoms with Crippen molar-refractivity contribution in [3.05, 3.63) is 30.0 Å². The molecule has 2 aliphatic rings. The molecule has 4 heterocycles. The fourth-order valence-corrected chi connectivity index (χ4v) is 3.50. The molecule has 7 nitrogen and oxygen atoms in total. The number of piperidine rings is 1. The number of rotatable bonds is 4. The summed E-state index contributed by atoms with van der Waals surface area (Å²) in [7, 11) is 0. The fraction of sp³-hybridized carbons (Fsp3) is 0.588. The molecule has 0 saturated carbocycles. The molecular weight excluding hydrogens is 306 g/mol. The van der Waals surface area contributed by atoms with E-state index in [9.17, 15) is 5.11 Å². The minimum Gasteiger partial charge on any atom is -0.429 e. The van der Waals surface area contributed by atoms with Gasteiger partial charge in [0.15, 0.2) is 5.82 Å². The summed E-state index contributed by atoms with van der Waals surface area (Å²) >= 11 is 0. The van der Waals surface area contributed by atoms with Gasteiger partial charge in [-0.1, -0.05) is 0 Å². The van der Waals surface area contributed by atoms with Crippen molar-refractivity contribution in [1.82, 2.24) is 15.0 Å². The van der Waals surface area contributed by atoms with Gasteiger partial charge in [-0.3, -0.25) is 4.98 Å². The van der Waals surface area contributed by atoms with Crippen LogP contribution in [0.2, 0.25) is 0 Å². The lowest BCUT2D eigenvalue weighted by atomic mass is 9.94. The second-order valence-electron chi connectivity index (χ2n) is 6.73. The number of aliphatic hydroxyl groups is 1. The molecule has 1 N–H and O–H groups in total. The largest absolute Gasteiger partial charge is 0.429 e. The van der Waals surface area contributed by atoms with Gasteiger partial charge in [0, 0.05) is 51.1 Å². The fourth-order valence-electron chi connectivity index (χ4n) is 3.50. The average molecular weight is 329 g/mol. The number of aromatic nitrogens is 3. The second-order valence-corrected chi connectivity index (χ2v) is 6.73. The highest BCUT2D eigenvalue weighted by Gasteiger charge is 2.35. The van der Waals surface area contributed by atoms with E-state index < -0.39 is 0 Å². The molecule has 4 rings (SSSR count). The maximum Gasteiger partial charge on any atom is 0.297 e. The van der Waals surface area contributed by atoms with Crippen molar-refractivity contribution in [2.45, 2.75) is 25.7 Å². The first-order valence-corrected chi connectivity index (χ1v) is 8.58. The molecule has 0 amide bonds. The van der Waals surface area contributed by atoms with Crippen molar-refractivity contribution in [2.75, 3.05) is 42.6 Å². The highest BCUT2D eigenvalue weighted by atomic mass is 16.4. The molecule has 2 saturated heterocycles. The molecule has 2 aromatic heterocycles. The summed E-state index contributed by atoms with van der Waals surface area (Å²) in [5, 5.41) is 9.31. The summed E-state index contributed by atoms with van der Waals surface area (Å²) in [4.78, 5) is 17.9. The van der Waals surface area contributed by atoms with Crippen LogP contribution in [0.4, 0.5) is 11.8 Å². The van der Waals surface area contributed by atoms with Crippen molar-refractivity contribution < 1.29 is 9.52 Å². The Hall–Kier alpha value is -2.15. The van der Waals surface area contributed by atoms with Crippen LogP contribution in [0.1, 0.15) is 30.2 Å². The van der Waals surface area contributed by atoms with Gasteiger partial charge in [-0.2, -0.15) is 0 Å². The summed E-state index contributed by atoms with van der Waals surface area (Å²) in [6, 6.07) is 0.693. The summed E-state index contributed by atoms with van der Waals surface area (Å²) in [6.07, 6.45) is 7.32. The van der Waals surface area contributed by atoms with Crippen LogP contribution in [0, 0.1) is 12.8 Å². The zero-order valence-corrected chi connectivity index (χ0v) is 13.9. The van der Waals surface area contributed by atoms with E-state index in [4.69, 9.17) is 4.42 Å². The Labute approximate surface area is 141 Å². The van der Waals surface area contributed by atoms with Crippen LogP contribution in [-0.4, -0.2) is 52.8 Å². The molecule has 0 radical (unpaired) electrons. The van der Waals surface area contributed by atoms with Gasteiger partial charge in [-0.15, -0.1) is 0 Å². The van der Waals surface area contributed by atoms with Crippen LogP contribution in [0.3, 0.4) is 0 Å². The first-order valence-electron chi connectivity index (χ1n) is 8.58. The van der Waals surface area contributed by atoms with Crippen molar-refractivity contribution in [3.63, 3.8) is 0 Å². The quantitative estimate of drug-likeness (QED) is 0.912. The van der Waals surface area contributed by atoms with Gasteiger partial charge < -0.3 is 19.3 Å². The van der Waals surface area contributed by atoms with Crippen LogP contribution < -0.4 is 9.80 Å². The van der Waals surface area contributed by atoms with E-state index in [1.165, 1.54) is 0 Å². The molecule has 0 aromatic carbocycles. The number of anilines is 2. The number of hydrogen-bond donors (Lipinski definition) is 1. The van der Waals surface area contributed by atoms with Crippen LogP contribution in [-0.2, 0) is 0 Å². The minimum absolute atomic E-state index is 0.286. The summed E-state index contributed by atoms with van der Waals surface area (Å²) in [5.74, 6) is 2.62. The van der Waals surface area contributed by atoms with E-state index in [0.717, 1.165) is 56.3 Å². The highest BCUT2D eigenvalue weighted by molar-refractivity contribution is 5.49. The third kappa shape index (κ3) is 2.84. The minimum atomic E-state index is 0.286. The number of aliphatic hydroxyl groups excluding tert-OH is 1. The number of hydrogen-bond acceptors (Lipinski definition) is 7. The SMILES string of the molecule is Cc1cnc(N2CC(c3nccnc3N3CCC(CO)CC3)C2)o1. The predicted molar refractivity (Wildman–Crippen MR) is 90.2 cm³/mol. The van der Waals surface area contributed by atoms with Crippen LogP contribution in [0.5, 0.6) is 0 Å². The lowest BCUT2D eigenvalue weighted by molar-refractivity contribution is 0.202. The average Bonchev–Trinajstić information content (AvgIpc) is 3.00. The predicted octanol–water partition coefficient (Wildman–Crippen LogP) is 1.59. The van der Waals surface area contributed by atoms with Gasteiger partial charge in [0.05, 0.1) is 11.9 Å². The van der Waals surface area contributed by atoms with E-state index in [0.29, 0.717) is 17.9 Å². The third-order valence-corrected chi connectivity index (χ3v) is 5.03. The Morgan fingerprint density at radius 1 is 1.12 bits per heavy atom. The Balaban J connectivity index is 1.45. The third-order valence-electron chi connectivity index (χ3n) is 5.03. The zero-order valence-electron chi connectivity index (χ0n) is 13.9. The molecule has 128 valence electrons. The van der Waals surface area contributed by atoms with Crippen LogP contribution in [0.25, 0.3) is 0 Å². The second kappa shape index (κ2) is 6.39. The normalized spacial score (nSPS) is 19.6. The summed E-state index contributed by atoms with van der Waals surface area (Å²) in [6.45, 7) is 5.79. The van der Waals surface area contributed by atoms with E-state index in [-0.39, 0.29) is 6.61 Å². The van der Waals surface area contributed by atoms with Gasteiger partial charge in [-0.05, 0) is 25.7 Å². The molecule has 2 aromatic rings. The lowest BCUT2D eigenvalue weighted by Gasteiger charge is -2.40. The summed E-state index contributed by atoms with van der Waals surface area (Å²) < 4.78 is 5.59. The maximum atomic E-state index is 9.31. The van der Waals surface area contributed by atoms with Gasteiger partial charge in [0.25, 0.3) is 6.01 Å². The van der Waals surface area contributed by atoms with Crippen molar-refractivity contribution in [1.29, 1.82) is 0 Å². The lowest BCUT2D eigenvalue weighted by Crippen LogP contribution is -2.46. The number of aryl methyl sites for hydroxylation is 1. The van der Waals surface area contributed by atoms with Crippen molar-refractivity contribution in [2.24, 2.45) is 5.92 Å². The van der Waals surface area contributed by atoms with E-state index in [1.807, 2.05) is 6.92 Å². The van der Waals surface area contributed by atoms with Gasteiger partial charge in [-0.25, -0.2) is 9.97 Å². The standard InChI is InChI=1S/C17H23N5O2/c1-12-8-20-17(24-12)22-9-14(10-22)15-16(19-5-4-18-15)21-6-2-13(11-23)3-7-21/h4-5,8,13-14,23H,2-3,6-7,9-11H2,1H3. The topological polar surface area (TPSA) is 78.5 Å². The molecule has 0 spiro atoms. The molecule has 0 unspecified atom stereocenters. The molecule has 0 bridgehead atoms. The van der Waals surface area contributed by atoms with Crippen molar-refractivity contribution >= 4 is 11.8 Å². The van der Waals surface area contributed by atoms with Crippen LogP contribution >= 0.6 is 0 Å². The number of nitrogens with zero attached hydrogens (tertiary/aromatic N) is 5. The highest BCUT2D eigenvalue weighted by Crippen LogP contribution is 2.35. The Kier molecular flexibility index (Phi) is 4.10. The molecule has 0 atom stereocenters. The van der Waals surface area contributed by atoms with Crippen molar-refractivity contribution in [3.8, 4) is 0 Å². The Bertz CT molecular complexity index is 690. The smallest absolute Gasteiger partial charge is 0.297 e. The van der Waals surface area contributed by atoms with Gasteiger partial charge in [0.1, 0.15) is 5.76 Å². The van der Waals surface area contributed by atoms with Gasteiger partial charge >= 0.3 is 0 Å². The molecule has 7 heteroatoms. The number of oxazole rings is 1. The van der Waals surface area contributed by atoms with E-state index in [1.54, 1.807) is 18.6 Å².